The second kappa shape index (κ2) is 8.06. The van der Waals surface area contributed by atoms with E-state index in [0.29, 0.717) is 12.2 Å². The van der Waals surface area contributed by atoms with Crippen LogP contribution in [0.15, 0.2) is 77.4 Å². The van der Waals surface area contributed by atoms with E-state index >= 15 is 0 Å². The van der Waals surface area contributed by atoms with E-state index in [2.05, 4.69) is 24.3 Å². The molecular weight excluding hydrogens is 320 g/mol. The predicted molar refractivity (Wildman–Crippen MR) is 95.7 cm³/mol. The fourth-order valence-electron chi connectivity index (χ4n) is 2.75. The van der Waals surface area contributed by atoms with Crippen LogP contribution >= 0.6 is 11.8 Å². The van der Waals surface area contributed by atoms with Gasteiger partial charge >= 0.3 is 5.97 Å². The van der Waals surface area contributed by atoms with Crippen LogP contribution < -0.4 is 0 Å². The third-order valence-corrected chi connectivity index (χ3v) is 5.22. The molecule has 0 aromatic heterocycles. The first kappa shape index (κ1) is 16.7. The van der Waals surface area contributed by atoms with Crippen molar-refractivity contribution in [3.8, 4) is 0 Å². The van der Waals surface area contributed by atoms with E-state index in [4.69, 9.17) is 9.47 Å². The number of rotatable bonds is 6. The van der Waals surface area contributed by atoms with Crippen molar-refractivity contribution in [1.82, 2.24) is 0 Å². The van der Waals surface area contributed by atoms with Gasteiger partial charge in [-0.2, -0.15) is 0 Å². The molecule has 0 radical (unpaired) electrons. The van der Waals surface area contributed by atoms with Crippen molar-refractivity contribution in [3.05, 3.63) is 78.1 Å². The monoisotopic (exact) mass is 340 g/mol. The zero-order valence-electron chi connectivity index (χ0n) is 13.6. The number of carbonyl (C=O) groups is 1. The van der Waals surface area contributed by atoms with Gasteiger partial charge in [-0.15, -0.1) is 11.8 Å². The Morgan fingerprint density at radius 3 is 2.46 bits per heavy atom. The van der Waals surface area contributed by atoms with Crippen molar-refractivity contribution in [3.63, 3.8) is 0 Å². The highest BCUT2D eigenvalue weighted by molar-refractivity contribution is 7.99. The molecule has 0 aliphatic carbocycles. The summed E-state index contributed by atoms with van der Waals surface area (Å²) in [6, 6.07) is 20.6. The highest BCUT2D eigenvalue weighted by Crippen LogP contribution is 2.40. The number of hydrogen-bond donors (Lipinski definition) is 0. The van der Waals surface area contributed by atoms with Crippen molar-refractivity contribution in [2.24, 2.45) is 0 Å². The van der Waals surface area contributed by atoms with E-state index in [1.165, 1.54) is 16.5 Å². The molecule has 3 rings (SSSR count). The third-order valence-electron chi connectivity index (χ3n) is 3.92. The summed E-state index contributed by atoms with van der Waals surface area (Å²) in [5, 5.41) is 0.211. The molecule has 2 atom stereocenters. The smallest absolute Gasteiger partial charge is 0.334 e. The van der Waals surface area contributed by atoms with Gasteiger partial charge in [0.15, 0.2) is 0 Å². The molecular formula is C20H20O3S. The lowest BCUT2D eigenvalue weighted by molar-refractivity contribution is -0.145. The van der Waals surface area contributed by atoms with E-state index in [9.17, 15) is 4.79 Å². The minimum Gasteiger partial charge on any atom is -0.501 e. The molecule has 0 saturated carbocycles. The summed E-state index contributed by atoms with van der Waals surface area (Å²) in [4.78, 5) is 12.9. The van der Waals surface area contributed by atoms with E-state index in [-0.39, 0.29) is 17.3 Å². The summed E-state index contributed by atoms with van der Waals surface area (Å²) in [6.45, 7) is 0. The van der Waals surface area contributed by atoms with Gasteiger partial charge in [-0.1, -0.05) is 48.5 Å². The highest BCUT2D eigenvalue weighted by Gasteiger charge is 2.26. The van der Waals surface area contributed by atoms with Gasteiger partial charge in [-0.3, -0.25) is 0 Å². The van der Waals surface area contributed by atoms with Gasteiger partial charge in [-0.05, 0) is 17.7 Å². The van der Waals surface area contributed by atoms with Crippen molar-refractivity contribution >= 4 is 17.7 Å². The molecule has 2 aromatic carbocycles. The standard InChI is InChI=1S/C20H20O3S/c1-22-16-12-17(23-20(21)14-16)13-19(15-8-4-2-5-9-15)24-18-10-6-3-7-11-18/h2-11,14,17,19H,12-13H2,1H3/t17-,19?/m0/s1. The van der Waals surface area contributed by atoms with Crippen LogP contribution in [0.3, 0.4) is 0 Å². The van der Waals surface area contributed by atoms with Crippen LogP contribution in [0.4, 0.5) is 0 Å². The Hall–Kier alpha value is -2.20. The topological polar surface area (TPSA) is 35.5 Å². The van der Waals surface area contributed by atoms with E-state index in [1.54, 1.807) is 18.9 Å². The minimum atomic E-state index is -0.320. The van der Waals surface area contributed by atoms with Crippen LogP contribution in [0.25, 0.3) is 0 Å². The average molecular weight is 340 g/mol. The Labute approximate surface area is 146 Å². The normalized spacial score (nSPS) is 18.5. The fourth-order valence-corrected chi connectivity index (χ4v) is 4.00. The first-order valence-electron chi connectivity index (χ1n) is 7.96. The van der Waals surface area contributed by atoms with Gasteiger partial charge in [0, 0.05) is 23.0 Å². The Morgan fingerprint density at radius 1 is 1.12 bits per heavy atom. The molecule has 1 unspecified atom stereocenters. The number of benzene rings is 2. The summed E-state index contributed by atoms with van der Waals surface area (Å²) in [7, 11) is 1.59. The zero-order valence-corrected chi connectivity index (χ0v) is 14.4. The Morgan fingerprint density at radius 2 is 1.79 bits per heavy atom. The quantitative estimate of drug-likeness (QED) is 0.561. The van der Waals surface area contributed by atoms with Gasteiger partial charge in [0.2, 0.25) is 0 Å². The number of carbonyl (C=O) groups excluding carboxylic acids is 1. The molecule has 1 aliphatic heterocycles. The molecule has 24 heavy (non-hydrogen) atoms. The van der Waals surface area contributed by atoms with Crippen LogP contribution in [0.2, 0.25) is 0 Å². The van der Waals surface area contributed by atoms with Crippen molar-refractivity contribution in [2.45, 2.75) is 29.1 Å². The third kappa shape index (κ3) is 4.42. The average Bonchev–Trinajstić information content (AvgIpc) is 2.62. The number of esters is 1. The molecule has 1 aliphatic rings. The molecule has 0 fully saturated rings. The predicted octanol–water partition coefficient (Wildman–Crippen LogP) is 4.76. The number of hydrogen-bond acceptors (Lipinski definition) is 4. The lowest BCUT2D eigenvalue weighted by atomic mass is 10.0. The van der Waals surface area contributed by atoms with Crippen molar-refractivity contribution in [1.29, 1.82) is 0 Å². The molecule has 2 aromatic rings. The molecule has 0 amide bonds. The summed E-state index contributed by atoms with van der Waals surface area (Å²) < 4.78 is 10.8. The maximum absolute atomic E-state index is 11.7. The number of thioether (sulfide) groups is 1. The fraction of sp³-hybridized carbons (Fsp3) is 0.250. The lowest BCUT2D eigenvalue weighted by Gasteiger charge is -2.26. The van der Waals surface area contributed by atoms with E-state index in [1.807, 2.05) is 36.4 Å². The molecule has 0 bridgehead atoms. The maximum Gasteiger partial charge on any atom is 0.334 e. The SMILES string of the molecule is COC1=CC(=O)O[C@H](CC(Sc2ccccc2)c2ccccc2)C1. The molecule has 0 N–H and O–H groups in total. The first-order valence-corrected chi connectivity index (χ1v) is 8.84. The van der Waals surface area contributed by atoms with Crippen LogP contribution in [0.1, 0.15) is 23.7 Å². The molecule has 124 valence electrons. The Bertz CT molecular complexity index is 697. The van der Waals surface area contributed by atoms with E-state index < -0.39 is 0 Å². The van der Waals surface area contributed by atoms with Crippen molar-refractivity contribution in [2.75, 3.05) is 7.11 Å². The Kier molecular flexibility index (Phi) is 5.59. The summed E-state index contributed by atoms with van der Waals surface area (Å²) in [5.41, 5.74) is 1.23. The number of ether oxygens (including phenoxy) is 2. The van der Waals surface area contributed by atoms with E-state index in [0.717, 1.165) is 6.42 Å². The highest BCUT2D eigenvalue weighted by atomic mass is 32.2. The Balaban J connectivity index is 1.78. The molecule has 3 nitrogen and oxygen atoms in total. The van der Waals surface area contributed by atoms with Gasteiger partial charge in [-0.25, -0.2) is 4.79 Å². The lowest BCUT2D eigenvalue weighted by Crippen LogP contribution is -2.24. The summed E-state index contributed by atoms with van der Waals surface area (Å²) in [5.74, 6) is 0.368. The van der Waals surface area contributed by atoms with Gasteiger partial charge in [0.25, 0.3) is 0 Å². The second-order valence-electron chi connectivity index (χ2n) is 5.64. The second-order valence-corrected chi connectivity index (χ2v) is 6.92. The van der Waals surface area contributed by atoms with Gasteiger partial charge < -0.3 is 9.47 Å². The summed E-state index contributed by atoms with van der Waals surface area (Å²) >= 11 is 1.79. The largest absolute Gasteiger partial charge is 0.501 e. The molecule has 0 spiro atoms. The van der Waals surface area contributed by atoms with Crippen LogP contribution in [-0.2, 0) is 14.3 Å². The molecule has 4 heteroatoms. The first-order chi connectivity index (χ1) is 11.7. The van der Waals surface area contributed by atoms with Gasteiger partial charge in [0.05, 0.1) is 13.2 Å². The number of cyclic esters (lactones) is 1. The van der Waals surface area contributed by atoms with Crippen molar-refractivity contribution < 1.29 is 14.3 Å². The number of methoxy groups -OCH3 is 1. The van der Waals surface area contributed by atoms with Crippen LogP contribution in [0.5, 0.6) is 0 Å². The van der Waals surface area contributed by atoms with Crippen LogP contribution in [-0.4, -0.2) is 19.2 Å². The van der Waals surface area contributed by atoms with Crippen LogP contribution in [0, 0.1) is 0 Å². The molecule has 0 saturated heterocycles. The maximum atomic E-state index is 11.7. The van der Waals surface area contributed by atoms with Gasteiger partial charge in [0.1, 0.15) is 11.9 Å². The summed E-state index contributed by atoms with van der Waals surface area (Å²) in [6.07, 6.45) is 2.63. The zero-order chi connectivity index (χ0) is 16.8. The minimum absolute atomic E-state index is 0.168. The molecule has 1 heterocycles.